The number of carbonyl (C=O) groups is 3. The van der Waals surface area contributed by atoms with Crippen LogP contribution >= 0.6 is 0 Å². The molecule has 2 aromatic carbocycles. The third-order valence-corrected chi connectivity index (χ3v) is 9.22. The van der Waals surface area contributed by atoms with E-state index in [9.17, 15) is 19.5 Å². The number of piperidine rings is 1. The van der Waals surface area contributed by atoms with Crippen molar-refractivity contribution >= 4 is 17.7 Å². The molecule has 3 aliphatic rings. The van der Waals surface area contributed by atoms with Crippen LogP contribution in [0.25, 0.3) is 0 Å². The van der Waals surface area contributed by atoms with Crippen LogP contribution in [0.4, 0.5) is 0 Å². The molecule has 0 saturated carbocycles. The first kappa shape index (κ1) is 30.8. The average Bonchev–Trinajstić information content (AvgIpc) is 3.04. The van der Waals surface area contributed by atoms with Gasteiger partial charge in [0.05, 0.1) is 6.10 Å². The number of aliphatic hydroxyl groups is 1. The Hall–Kier alpha value is -3.69. The predicted octanol–water partition coefficient (Wildman–Crippen LogP) is 4.02. The van der Waals surface area contributed by atoms with Crippen molar-refractivity contribution in [1.29, 1.82) is 0 Å². The molecule has 0 bridgehead atoms. The number of piperazine rings is 1. The summed E-state index contributed by atoms with van der Waals surface area (Å²) in [5, 5.41) is 16.7. The zero-order valence-electron chi connectivity index (χ0n) is 25.3. The maximum atomic E-state index is 13.8. The molecule has 2 saturated heterocycles. The number of rotatable bonds is 10. The van der Waals surface area contributed by atoms with Gasteiger partial charge in [0.15, 0.2) is 0 Å². The average molecular weight is 589 g/mol. The van der Waals surface area contributed by atoms with Crippen LogP contribution in [-0.2, 0) is 16.1 Å². The Kier molecular flexibility index (Phi) is 9.82. The molecule has 5 rings (SSSR count). The highest BCUT2D eigenvalue weighted by Crippen LogP contribution is 2.36. The summed E-state index contributed by atoms with van der Waals surface area (Å²) in [5.41, 5.74) is 0.845. The summed E-state index contributed by atoms with van der Waals surface area (Å²) in [6.45, 7) is 4.74. The summed E-state index contributed by atoms with van der Waals surface area (Å²) >= 11 is 0. The number of hydrogen-bond donors (Lipinski definition) is 3. The molecule has 230 valence electrons. The highest BCUT2D eigenvalue weighted by atomic mass is 16.5. The molecule has 0 unspecified atom stereocenters. The number of carbonyl (C=O) groups excluding carboxylic acids is 3. The summed E-state index contributed by atoms with van der Waals surface area (Å²) in [5.74, 6) is 0.943. The summed E-state index contributed by atoms with van der Waals surface area (Å²) in [4.78, 5) is 43.4. The van der Waals surface area contributed by atoms with E-state index < -0.39 is 17.7 Å². The van der Waals surface area contributed by atoms with Crippen LogP contribution in [-0.4, -0.2) is 77.0 Å². The highest BCUT2D eigenvalue weighted by molar-refractivity contribution is 6.00. The molecule has 2 aliphatic heterocycles. The van der Waals surface area contributed by atoms with E-state index in [0.29, 0.717) is 49.5 Å². The molecule has 1 spiro atoms. The van der Waals surface area contributed by atoms with E-state index in [0.717, 1.165) is 44.2 Å². The van der Waals surface area contributed by atoms with Gasteiger partial charge in [0, 0.05) is 38.8 Å². The molecular weight excluding hydrogens is 544 g/mol. The maximum Gasteiger partial charge on any atom is 0.251 e. The SMILES string of the molecule is CCCCN1C(=O)[C@@H]([C@H](O)[C@H]2CC=CCC2)NC(=O)C12CCN(Cc1ccc(Oc3ccc(C(=O)NC)cc3)cc1)CC2. The molecule has 2 aromatic rings. The minimum Gasteiger partial charge on any atom is -0.457 e. The van der Waals surface area contributed by atoms with Gasteiger partial charge in [-0.2, -0.15) is 0 Å². The van der Waals surface area contributed by atoms with Crippen molar-refractivity contribution in [2.75, 3.05) is 26.7 Å². The quantitative estimate of drug-likeness (QED) is 0.362. The fourth-order valence-corrected chi connectivity index (χ4v) is 6.56. The molecule has 3 amide bonds. The molecule has 1 aliphatic carbocycles. The molecule has 3 atom stereocenters. The maximum absolute atomic E-state index is 13.8. The van der Waals surface area contributed by atoms with Gasteiger partial charge in [-0.05, 0) is 86.4 Å². The van der Waals surface area contributed by atoms with Gasteiger partial charge in [-0.15, -0.1) is 0 Å². The van der Waals surface area contributed by atoms with Gasteiger partial charge in [0.2, 0.25) is 11.8 Å². The van der Waals surface area contributed by atoms with Crippen LogP contribution in [0.2, 0.25) is 0 Å². The first-order valence-electron chi connectivity index (χ1n) is 15.6. The number of benzene rings is 2. The van der Waals surface area contributed by atoms with Crippen molar-refractivity contribution < 1.29 is 24.2 Å². The zero-order valence-corrected chi connectivity index (χ0v) is 25.3. The van der Waals surface area contributed by atoms with Crippen molar-refractivity contribution in [2.45, 2.75) is 76.1 Å². The number of unbranched alkanes of at least 4 members (excludes halogenated alkanes) is 1. The molecule has 2 fully saturated rings. The van der Waals surface area contributed by atoms with Gasteiger partial charge in [-0.1, -0.05) is 37.6 Å². The molecule has 43 heavy (non-hydrogen) atoms. The van der Waals surface area contributed by atoms with E-state index in [1.807, 2.05) is 29.2 Å². The number of likely N-dealkylation sites (tertiary alicyclic amines) is 1. The van der Waals surface area contributed by atoms with Crippen LogP contribution in [0, 0.1) is 5.92 Å². The van der Waals surface area contributed by atoms with Crippen LogP contribution in [0.1, 0.15) is 67.8 Å². The lowest BCUT2D eigenvalue weighted by Crippen LogP contribution is -2.75. The number of ether oxygens (including phenoxy) is 1. The van der Waals surface area contributed by atoms with Crippen LogP contribution in [0.3, 0.4) is 0 Å². The van der Waals surface area contributed by atoms with Crippen molar-refractivity contribution in [3.8, 4) is 11.5 Å². The molecule has 3 N–H and O–H groups in total. The number of amides is 3. The minimum atomic E-state index is -0.878. The normalized spacial score (nSPS) is 22.7. The Morgan fingerprint density at radius 2 is 1.74 bits per heavy atom. The van der Waals surface area contributed by atoms with E-state index in [2.05, 4.69) is 34.6 Å². The van der Waals surface area contributed by atoms with Gasteiger partial charge in [-0.25, -0.2) is 0 Å². The lowest BCUT2D eigenvalue weighted by Gasteiger charge is -2.52. The van der Waals surface area contributed by atoms with Gasteiger partial charge < -0.3 is 25.4 Å². The zero-order chi connectivity index (χ0) is 30.4. The van der Waals surface area contributed by atoms with Crippen molar-refractivity contribution in [3.63, 3.8) is 0 Å². The van der Waals surface area contributed by atoms with Gasteiger partial charge in [0.25, 0.3) is 5.91 Å². The Balaban J connectivity index is 1.19. The number of allylic oxidation sites excluding steroid dienone is 2. The second-order valence-corrected chi connectivity index (χ2v) is 12.0. The predicted molar refractivity (Wildman–Crippen MR) is 165 cm³/mol. The number of aliphatic hydroxyl groups excluding tert-OH is 1. The molecule has 9 nitrogen and oxygen atoms in total. The highest BCUT2D eigenvalue weighted by Gasteiger charge is 2.55. The first-order valence-corrected chi connectivity index (χ1v) is 15.6. The first-order chi connectivity index (χ1) is 20.8. The van der Waals surface area contributed by atoms with Crippen molar-refractivity contribution in [1.82, 2.24) is 20.4 Å². The van der Waals surface area contributed by atoms with Gasteiger partial charge in [-0.3, -0.25) is 19.3 Å². The minimum absolute atomic E-state index is 0.0190. The summed E-state index contributed by atoms with van der Waals surface area (Å²) in [7, 11) is 1.60. The number of hydrogen-bond acceptors (Lipinski definition) is 6. The van der Waals surface area contributed by atoms with Crippen LogP contribution in [0.15, 0.2) is 60.7 Å². The van der Waals surface area contributed by atoms with E-state index in [-0.39, 0.29) is 23.6 Å². The topological polar surface area (TPSA) is 111 Å². The van der Waals surface area contributed by atoms with Crippen molar-refractivity contribution in [2.24, 2.45) is 5.92 Å². The van der Waals surface area contributed by atoms with E-state index in [1.54, 1.807) is 31.3 Å². The van der Waals surface area contributed by atoms with E-state index in [1.165, 1.54) is 0 Å². The van der Waals surface area contributed by atoms with E-state index >= 15 is 0 Å². The Labute approximate surface area is 254 Å². The Bertz CT molecular complexity index is 1300. The third-order valence-electron chi connectivity index (χ3n) is 9.22. The molecule has 9 heteroatoms. The standard InChI is InChI=1S/C34H44N4O5/c1-3-4-20-38-32(41)29(30(39)25-8-6-5-7-9-25)36-33(42)34(38)18-21-37(22-19-34)23-24-10-14-27(15-11-24)43-28-16-12-26(13-17-28)31(40)35-2/h5-6,10-17,25,29-30,39H,3-4,7-9,18-23H2,1-2H3,(H,35,40)(H,36,42)/t25-,29+,30+/m0/s1. The molecule has 2 heterocycles. The lowest BCUT2D eigenvalue weighted by atomic mass is 9.78. The fraction of sp³-hybridized carbons (Fsp3) is 0.500. The lowest BCUT2D eigenvalue weighted by molar-refractivity contribution is -0.165. The number of nitrogens with one attached hydrogen (secondary N) is 2. The largest absolute Gasteiger partial charge is 0.457 e. The molecule has 0 aromatic heterocycles. The van der Waals surface area contributed by atoms with E-state index in [4.69, 9.17) is 4.74 Å². The van der Waals surface area contributed by atoms with Gasteiger partial charge >= 0.3 is 0 Å². The van der Waals surface area contributed by atoms with Crippen molar-refractivity contribution in [3.05, 3.63) is 71.8 Å². The molecular formula is C34H44N4O5. The van der Waals surface area contributed by atoms with Gasteiger partial charge in [0.1, 0.15) is 23.1 Å². The molecule has 0 radical (unpaired) electrons. The Morgan fingerprint density at radius 1 is 1.07 bits per heavy atom. The fourth-order valence-electron chi connectivity index (χ4n) is 6.56. The summed E-state index contributed by atoms with van der Waals surface area (Å²) in [6, 6.07) is 14.1. The number of nitrogens with zero attached hydrogens (tertiary/aromatic N) is 2. The monoisotopic (exact) mass is 588 g/mol. The third kappa shape index (κ3) is 6.78. The van der Waals surface area contributed by atoms with Crippen LogP contribution < -0.4 is 15.4 Å². The summed E-state index contributed by atoms with van der Waals surface area (Å²) in [6.07, 6.45) is 8.62. The second-order valence-electron chi connectivity index (χ2n) is 12.0. The second kappa shape index (κ2) is 13.7. The summed E-state index contributed by atoms with van der Waals surface area (Å²) < 4.78 is 5.95. The smallest absolute Gasteiger partial charge is 0.251 e. The van der Waals surface area contributed by atoms with Crippen LogP contribution in [0.5, 0.6) is 11.5 Å². The Morgan fingerprint density at radius 3 is 2.35 bits per heavy atom.